The van der Waals surface area contributed by atoms with Crippen LogP contribution in [0.15, 0.2) is 24.3 Å². The third kappa shape index (κ3) is 4.61. The summed E-state index contributed by atoms with van der Waals surface area (Å²) in [5, 5.41) is 6.54. The number of nitrogens with zero attached hydrogens (tertiary/aromatic N) is 2. The van der Waals surface area contributed by atoms with Crippen LogP contribution in [-0.2, 0) is 36.8 Å². The lowest BCUT2D eigenvalue weighted by molar-refractivity contribution is -0.142. The molecule has 1 aliphatic rings. The Balaban J connectivity index is 1.60. The largest absolute Gasteiger partial charge is 0.497 e. The third-order valence-electron chi connectivity index (χ3n) is 4.67. The van der Waals surface area contributed by atoms with Gasteiger partial charge in [0.05, 0.1) is 20.1 Å². The minimum absolute atomic E-state index is 0.183. The number of alkyl halides is 3. The van der Waals surface area contributed by atoms with E-state index in [0.717, 1.165) is 18.4 Å². The van der Waals surface area contributed by atoms with Crippen molar-refractivity contribution >= 4 is 5.91 Å². The van der Waals surface area contributed by atoms with Crippen LogP contribution in [0.4, 0.5) is 13.2 Å². The van der Waals surface area contributed by atoms with Crippen LogP contribution in [0.2, 0.25) is 0 Å². The Morgan fingerprint density at radius 3 is 2.81 bits per heavy atom. The Labute approximate surface area is 155 Å². The number of amides is 1. The highest BCUT2D eigenvalue weighted by atomic mass is 19.4. The number of rotatable bonds is 6. The van der Waals surface area contributed by atoms with Gasteiger partial charge < -0.3 is 10.1 Å². The first-order chi connectivity index (χ1) is 12.9. The van der Waals surface area contributed by atoms with Crippen LogP contribution in [0.1, 0.15) is 35.4 Å². The highest BCUT2D eigenvalue weighted by Crippen LogP contribution is 2.35. The fraction of sp³-hybridized carbons (Fsp3) is 0.474. The van der Waals surface area contributed by atoms with E-state index < -0.39 is 11.9 Å². The van der Waals surface area contributed by atoms with Gasteiger partial charge in [-0.1, -0.05) is 12.1 Å². The summed E-state index contributed by atoms with van der Waals surface area (Å²) in [6, 6.07) is 7.19. The molecule has 0 saturated heterocycles. The molecule has 0 aliphatic heterocycles. The van der Waals surface area contributed by atoms with E-state index in [4.69, 9.17) is 4.74 Å². The number of aromatic nitrogens is 2. The summed E-state index contributed by atoms with van der Waals surface area (Å²) < 4.78 is 46.1. The molecule has 1 aromatic heterocycles. The number of carbonyl (C=O) groups is 1. The van der Waals surface area contributed by atoms with E-state index in [0.29, 0.717) is 29.8 Å². The van der Waals surface area contributed by atoms with Crippen LogP contribution in [0.5, 0.6) is 5.75 Å². The number of carbonyl (C=O) groups excluding carboxylic acids is 1. The Morgan fingerprint density at radius 1 is 1.30 bits per heavy atom. The van der Waals surface area contributed by atoms with Crippen molar-refractivity contribution in [2.24, 2.45) is 0 Å². The highest BCUT2D eigenvalue weighted by Gasteiger charge is 2.39. The molecule has 1 N–H and O–H groups in total. The number of benzene rings is 1. The van der Waals surface area contributed by atoms with E-state index >= 15 is 0 Å². The van der Waals surface area contributed by atoms with Gasteiger partial charge >= 0.3 is 6.18 Å². The summed E-state index contributed by atoms with van der Waals surface area (Å²) >= 11 is 0. The van der Waals surface area contributed by atoms with E-state index in [1.54, 1.807) is 25.3 Å². The zero-order valence-electron chi connectivity index (χ0n) is 15.1. The molecule has 1 aromatic carbocycles. The Bertz CT molecular complexity index is 815. The third-order valence-corrected chi connectivity index (χ3v) is 4.67. The average molecular weight is 381 g/mol. The summed E-state index contributed by atoms with van der Waals surface area (Å²) in [7, 11) is 1.55. The maximum absolute atomic E-state index is 13.2. The van der Waals surface area contributed by atoms with Gasteiger partial charge in [0.1, 0.15) is 5.75 Å². The summed E-state index contributed by atoms with van der Waals surface area (Å²) in [5.41, 5.74) is 0.995. The van der Waals surface area contributed by atoms with Gasteiger partial charge in [0.2, 0.25) is 5.91 Å². The van der Waals surface area contributed by atoms with Crippen molar-refractivity contribution in [2.75, 3.05) is 13.7 Å². The second-order valence-electron chi connectivity index (χ2n) is 6.58. The smallest absolute Gasteiger partial charge is 0.435 e. The first kappa shape index (κ1) is 19.3. The predicted molar refractivity (Wildman–Crippen MR) is 93.6 cm³/mol. The molecule has 27 heavy (non-hydrogen) atoms. The normalized spacial score (nSPS) is 13.9. The molecule has 1 aliphatic carbocycles. The van der Waals surface area contributed by atoms with Gasteiger partial charge in [-0.25, -0.2) is 0 Å². The maximum Gasteiger partial charge on any atom is 0.435 e. The maximum atomic E-state index is 13.2. The standard InChI is InChI=1S/C19H22F3N3O2/c1-27-14-6-4-5-13(11-14)12-17(26)23-9-10-25-16-8-3-2-7-15(16)18(24-25)19(20,21)22/h4-6,11H,2-3,7-10,12H2,1H3,(H,23,26). The Kier molecular flexibility index (Phi) is 5.72. The quantitative estimate of drug-likeness (QED) is 0.836. The fourth-order valence-corrected chi connectivity index (χ4v) is 3.42. The lowest BCUT2D eigenvalue weighted by Crippen LogP contribution is -2.29. The molecule has 0 saturated carbocycles. The molecular weight excluding hydrogens is 359 g/mol. The van der Waals surface area contributed by atoms with Gasteiger partial charge in [0.15, 0.2) is 5.69 Å². The van der Waals surface area contributed by atoms with Gasteiger partial charge in [0.25, 0.3) is 0 Å². The van der Waals surface area contributed by atoms with Crippen molar-refractivity contribution in [1.82, 2.24) is 15.1 Å². The number of hydrogen-bond acceptors (Lipinski definition) is 3. The number of ether oxygens (including phenoxy) is 1. The summed E-state index contributed by atoms with van der Waals surface area (Å²) in [6.45, 7) is 0.455. The number of fused-ring (bicyclic) bond motifs is 1. The van der Waals surface area contributed by atoms with Gasteiger partial charge in [0, 0.05) is 17.8 Å². The predicted octanol–water partition coefficient (Wildman–Crippen LogP) is 3.15. The van der Waals surface area contributed by atoms with Crippen molar-refractivity contribution < 1.29 is 22.7 Å². The fourth-order valence-electron chi connectivity index (χ4n) is 3.42. The topological polar surface area (TPSA) is 56.1 Å². The molecule has 146 valence electrons. The molecule has 0 radical (unpaired) electrons. The van der Waals surface area contributed by atoms with Crippen LogP contribution < -0.4 is 10.1 Å². The van der Waals surface area contributed by atoms with Gasteiger partial charge in [-0.3, -0.25) is 9.48 Å². The van der Waals surface area contributed by atoms with Crippen molar-refractivity contribution in [1.29, 1.82) is 0 Å². The molecule has 1 heterocycles. The number of methoxy groups -OCH3 is 1. The molecule has 8 heteroatoms. The Hall–Kier alpha value is -2.51. The van der Waals surface area contributed by atoms with Gasteiger partial charge in [-0.15, -0.1) is 0 Å². The monoisotopic (exact) mass is 381 g/mol. The molecule has 5 nitrogen and oxygen atoms in total. The van der Waals surface area contributed by atoms with Crippen LogP contribution in [0.25, 0.3) is 0 Å². The molecule has 0 fully saturated rings. The molecule has 2 aromatic rings. The van der Waals surface area contributed by atoms with E-state index in [2.05, 4.69) is 10.4 Å². The van der Waals surface area contributed by atoms with Crippen molar-refractivity contribution in [3.63, 3.8) is 0 Å². The number of halogens is 3. The molecule has 0 unspecified atom stereocenters. The second-order valence-corrected chi connectivity index (χ2v) is 6.58. The Morgan fingerprint density at radius 2 is 2.07 bits per heavy atom. The molecule has 3 rings (SSSR count). The lowest BCUT2D eigenvalue weighted by Gasteiger charge is -2.15. The van der Waals surface area contributed by atoms with Crippen LogP contribution in [-0.4, -0.2) is 29.3 Å². The van der Waals surface area contributed by atoms with Crippen molar-refractivity contribution in [3.05, 3.63) is 46.8 Å². The van der Waals surface area contributed by atoms with Crippen molar-refractivity contribution in [3.8, 4) is 5.75 Å². The van der Waals surface area contributed by atoms with Crippen LogP contribution >= 0.6 is 0 Å². The average Bonchev–Trinajstić information content (AvgIpc) is 3.01. The first-order valence-corrected chi connectivity index (χ1v) is 8.94. The zero-order valence-corrected chi connectivity index (χ0v) is 15.1. The number of nitrogens with one attached hydrogen (secondary N) is 1. The lowest BCUT2D eigenvalue weighted by atomic mass is 9.95. The summed E-state index contributed by atoms with van der Waals surface area (Å²) in [6.07, 6.45) is -1.65. The second kappa shape index (κ2) is 8.02. The van der Waals surface area contributed by atoms with Crippen LogP contribution in [0.3, 0.4) is 0 Å². The van der Waals surface area contributed by atoms with Crippen LogP contribution in [0, 0.1) is 0 Å². The molecular formula is C19H22F3N3O2. The van der Waals surface area contributed by atoms with E-state index in [1.807, 2.05) is 6.07 Å². The molecule has 1 amide bonds. The first-order valence-electron chi connectivity index (χ1n) is 8.94. The van der Waals surface area contributed by atoms with E-state index in [9.17, 15) is 18.0 Å². The van der Waals surface area contributed by atoms with Gasteiger partial charge in [-0.2, -0.15) is 18.3 Å². The minimum atomic E-state index is -4.44. The SMILES string of the molecule is COc1cccc(CC(=O)NCCn2nc(C(F)(F)F)c3c2CCCC3)c1. The summed E-state index contributed by atoms with van der Waals surface area (Å²) in [4.78, 5) is 12.1. The van der Waals surface area contributed by atoms with Gasteiger partial charge in [-0.05, 0) is 43.4 Å². The van der Waals surface area contributed by atoms with Crippen molar-refractivity contribution in [2.45, 2.75) is 44.8 Å². The minimum Gasteiger partial charge on any atom is -0.497 e. The zero-order chi connectivity index (χ0) is 19.4. The van der Waals surface area contributed by atoms with E-state index in [1.165, 1.54) is 4.68 Å². The highest BCUT2D eigenvalue weighted by molar-refractivity contribution is 5.78. The summed E-state index contributed by atoms with van der Waals surface area (Å²) in [5.74, 6) is 0.475. The molecule has 0 atom stereocenters. The molecule has 0 bridgehead atoms. The van der Waals surface area contributed by atoms with E-state index in [-0.39, 0.29) is 25.4 Å². The molecule has 0 spiro atoms. The number of hydrogen-bond donors (Lipinski definition) is 1.